The van der Waals surface area contributed by atoms with Gasteiger partial charge in [-0.2, -0.15) is 0 Å². The van der Waals surface area contributed by atoms with Crippen molar-refractivity contribution in [2.24, 2.45) is 5.73 Å². The molecular weight excluding hydrogens is 251 g/mol. The third-order valence-corrected chi connectivity index (χ3v) is 2.17. The number of nitrogens with zero attached hydrogens (tertiary/aromatic N) is 1. The summed E-state index contributed by atoms with van der Waals surface area (Å²) >= 11 is 0. The van der Waals surface area contributed by atoms with Crippen molar-refractivity contribution in [2.45, 2.75) is 26.3 Å². The summed E-state index contributed by atoms with van der Waals surface area (Å²) in [5.74, 6) is -0.983. The highest BCUT2D eigenvalue weighted by molar-refractivity contribution is 5.85. The summed E-state index contributed by atoms with van der Waals surface area (Å²) in [5, 5.41) is 8.62. The Morgan fingerprint density at radius 3 is 2.50 bits per heavy atom. The summed E-state index contributed by atoms with van der Waals surface area (Å²) in [6.45, 7) is 3.86. The van der Waals surface area contributed by atoms with E-state index in [0.29, 0.717) is 6.42 Å². The minimum atomic E-state index is -0.983. The number of pyridine rings is 1. The van der Waals surface area contributed by atoms with Crippen LogP contribution in [0.15, 0.2) is 12.3 Å². The van der Waals surface area contributed by atoms with E-state index in [9.17, 15) is 4.79 Å². The molecule has 6 heteroatoms. The van der Waals surface area contributed by atoms with Crippen molar-refractivity contribution in [3.05, 3.63) is 29.1 Å². The maximum atomic E-state index is 10.5. The molecular formula is C10H16Cl2N2O2. The molecule has 92 valence electrons. The normalized spacial score (nSPS) is 10.9. The Bertz CT molecular complexity index is 359. The highest BCUT2D eigenvalue weighted by Crippen LogP contribution is 2.08. The second-order valence-electron chi connectivity index (χ2n) is 3.39. The van der Waals surface area contributed by atoms with Gasteiger partial charge in [-0.25, -0.2) is 0 Å². The number of carbonyl (C=O) groups is 1. The summed E-state index contributed by atoms with van der Waals surface area (Å²) in [7, 11) is 0. The lowest BCUT2D eigenvalue weighted by Crippen LogP contribution is -2.32. The number of carboxylic acid groups (broad SMARTS) is 1. The van der Waals surface area contributed by atoms with Crippen LogP contribution in [0.1, 0.15) is 16.8 Å². The molecule has 0 saturated heterocycles. The number of hydrogen-bond donors (Lipinski definition) is 2. The molecule has 0 spiro atoms. The Morgan fingerprint density at radius 2 is 2.06 bits per heavy atom. The lowest BCUT2D eigenvalue weighted by molar-refractivity contribution is -0.138. The monoisotopic (exact) mass is 266 g/mol. The minimum absolute atomic E-state index is 0. The van der Waals surface area contributed by atoms with E-state index in [1.54, 1.807) is 6.20 Å². The first-order valence-electron chi connectivity index (χ1n) is 4.41. The summed E-state index contributed by atoms with van der Waals surface area (Å²) in [6, 6.07) is 1.07. The Labute approximate surface area is 107 Å². The smallest absolute Gasteiger partial charge is 0.320 e. The summed E-state index contributed by atoms with van der Waals surface area (Å²) in [5.41, 5.74) is 8.28. The van der Waals surface area contributed by atoms with E-state index in [-0.39, 0.29) is 24.8 Å². The number of hydrogen-bond acceptors (Lipinski definition) is 3. The molecule has 1 rings (SSSR count). The van der Waals surface area contributed by atoms with Crippen LogP contribution < -0.4 is 5.73 Å². The van der Waals surface area contributed by atoms with Crippen LogP contribution in [-0.2, 0) is 11.2 Å². The fourth-order valence-corrected chi connectivity index (χ4v) is 1.15. The number of aryl methyl sites for hydroxylation is 2. The summed E-state index contributed by atoms with van der Waals surface area (Å²) in [4.78, 5) is 14.7. The average Bonchev–Trinajstić information content (AvgIpc) is 2.11. The first-order chi connectivity index (χ1) is 6.50. The molecule has 0 bridgehead atoms. The number of halogens is 2. The van der Waals surface area contributed by atoms with Crippen molar-refractivity contribution >= 4 is 30.8 Å². The second-order valence-corrected chi connectivity index (χ2v) is 3.39. The van der Waals surface area contributed by atoms with Crippen LogP contribution in [0.4, 0.5) is 0 Å². The van der Waals surface area contributed by atoms with Gasteiger partial charge in [0.15, 0.2) is 0 Å². The predicted molar refractivity (Wildman–Crippen MR) is 67.5 cm³/mol. The topological polar surface area (TPSA) is 76.2 Å². The largest absolute Gasteiger partial charge is 0.480 e. The van der Waals surface area contributed by atoms with Crippen LogP contribution in [0.25, 0.3) is 0 Å². The molecule has 0 aromatic carbocycles. The zero-order chi connectivity index (χ0) is 10.7. The average molecular weight is 267 g/mol. The molecule has 0 aliphatic heterocycles. The van der Waals surface area contributed by atoms with Gasteiger partial charge in [0.05, 0.1) is 0 Å². The number of aliphatic carboxylic acids is 1. The fourth-order valence-electron chi connectivity index (χ4n) is 1.15. The van der Waals surface area contributed by atoms with Crippen LogP contribution in [0.5, 0.6) is 0 Å². The minimum Gasteiger partial charge on any atom is -0.480 e. The predicted octanol–water partition coefficient (Wildman–Crippen LogP) is 1.50. The molecule has 3 N–H and O–H groups in total. The van der Waals surface area contributed by atoms with Crippen LogP contribution >= 0.6 is 24.8 Å². The molecule has 1 aromatic heterocycles. The standard InChI is InChI=1S/C10H14N2O2.2ClH/c1-6-3-8(5-12-7(6)2)4-9(11)10(13)14;;/h3,5,9H,4,11H2,1-2H3,(H,13,14);2*1H. The molecule has 1 atom stereocenters. The number of rotatable bonds is 3. The lowest BCUT2D eigenvalue weighted by Gasteiger charge is -2.07. The molecule has 1 unspecified atom stereocenters. The van der Waals surface area contributed by atoms with Crippen molar-refractivity contribution in [3.63, 3.8) is 0 Å². The fraction of sp³-hybridized carbons (Fsp3) is 0.400. The molecule has 1 heterocycles. The molecule has 0 amide bonds. The highest BCUT2D eigenvalue weighted by atomic mass is 35.5. The zero-order valence-corrected chi connectivity index (χ0v) is 10.8. The Kier molecular flexibility index (Phi) is 8.16. The van der Waals surface area contributed by atoms with E-state index in [4.69, 9.17) is 10.8 Å². The Morgan fingerprint density at radius 1 is 1.50 bits per heavy atom. The highest BCUT2D eigenvalue weighted by Gasteiger charge is 2.12. The second kappa shape index (κ2) is 7.44. The van der Waals surface area contributed by atoms with Crippen LogP contribution in [-0.4, -0.2) is 22.1 Å². The molecule has 16 heavy (non-hydrogen) atoms. The van der Waals surface area contributed by atoms with Gasteiger partial charge in [-0.05, 0) is 31.4 Å². The first kappa shape index (κ1) is 17.6. The quantitative estimate of drug-likeness (QED) is 0.870. The number of aromatic nitrogens is 1. The van der Waals surface area contributed by atoms with Gasteiger partial charge in [-0.15, -0.1) is 24.8 Å². The first-order valence-corrected chi connectivity index (χ1v) is 4.41. The molecule has 1 aromatic rings. The summed E-state index contributed by atoms with van der Waals surface area (Å²) < 4.78 is 0. The van der Waals surface area contributed by atoms with Crippen molar-refractivity contribution < 1.29 is 9.90 Å². The van der Waals surface area contributed by atoms with Crippen molar-refractivity contribution in [1.29, 1.82) is 0 Å². The Balaban J connectivity index is 0. The lowest BCUT2D eigenvalue weighted by atomic mass is 10.1. The number of nitrogens with two attached hydrogens (primary N) is 1. The van der Waals surface area contributed by atoms with E-state index < -0.39 is 12.0 Å². The molecule has 0 aliphatic rings. The SMILES string of the molecule is Cc1cc(CC(N)C(=O)O)cnc1C.Cl.Cl. The maximum absolute atomic E-state index is 10.5. The van der Waals surface area contributed by atoms with Gasteiger partial charge in [0.2, 0.25) is 0 Å². The van der Waals surface area contributed by atoms with Crippen LogP contribution in [0.3, 0.4) is 0 Å². The third kappa shape index (κ3) is 4.79. The van der Waals surface area contributed by atoms with Crippen molar-refractivity contribution in [2.75, 3.05) is 0 Å². The van der Waals surface area contributed by atoms with Gasteiger partial charge >= 0.3 is 5.97 Å². The van der Waals surface area contributed by atoms with E-state index in [0.717, 1.165) is 16.8 Å². The van der Waals surface area contributed by atoms with Crippen molar-refractivity contribution in [1.82, 2.24) is 4.98 Å². The zero-order valence-electron chi connectivity index (χ0n) is 9.14. The molecule has 0 fully saturated rings. The maximum Gasteiger partial charge on any atom is 0.320 e. The van der Waals surface area contributed by atoms with Gasteiger partial charge in [-0.1, -0.05) is 6.07 Å². The van der Waals surface area contributed by atoms with Gasteiger partial charge in [0.25, 0.3) is 0 Å². The van der Waals surface area contributed by atoms with Crippen LogP contribution in [0.2, 0.25) is 0 Å². The van der Waals surface area contributed by atoms with E-state index in [2.05, 4.69) is 4.98 Å². The van der Waals surface area contributed by atoms with Crippen molar-refractivity contribution in [3.8, 4) is 0 Å². The van der Waals surface area contributed by atoms with E-state index >= 15 is 0 Å². The molecule has 0 saturated carbocycles. The van der Waals surface area contributed by atoms with Crippen LogP contribution in [0, 0.1) is 13.8 Å². The van der Waals surface area contributed by atoms with Gasteiger partial charge < -0.3 is 10.8 Å². The Hall–Kier alpha value is -0.840. The third-order valence-electron chi connectivity index (χ3n) is 2.17. The van der Waals surface area contributed by atoms with E-state index in [1.165, 1.54) is 0 Å². The molecule has 0 radical (unpaired) electrons. The van der Waals surface area contributed by atoms with Gasteiger partial charge in [0.1, 0.15) is 6.04 Å². The molecule has 4 nitrogen and oxygen atoms in total. The van der Waals surface area contributed by atoms with Gasteiger partial charge in [-0.3, -0.25) is 9.78 Å². The van der Waals surface area contributed by atoms with Gasteiger partial charge in [0, 0.05) is 11.9 Å². The number of carboxylic acids is 1. The summed E-state index contributed by atoms with van der Waals surface area (Å²) in [6.07, 6.45) is 1.99. The molecule has 0 aliphatic carbocycles. The van der Waals surface area contributed by atoms with E-state index in [1.807, 2.05) is 19.9 Å².